The lowest BCUT2D eigenvalue weighted by atomic mass is 9.96. The summed E-state index contributed by atoms with van der Waals surface area (Å²) in [6, 6.07) is 7.23. The maximum Gasteiger partial charge on any atom is 0.266 e. The number of pyridine rings is 1. The van der Waals surface area contributed by atoms with E-state index >= 15 is 0 Å². The Morgan fingerprint density at radius 3 is 2.71 bits per heavy atom. The fourth-order valence-electron chi connectivity index (χ4n) is 4.68. The molecule has 8 heteroatoms. The Hall–Kier alpha value is -2.84. The molecule has 8 nitrogen and oxygen atoms in total. The van der Waals surface area contributed by atoms with Crippen molar-refractivity contribution in [3.8, 4) is 11.3 Å². The highest BCUT2D eigenvalue weighted by Crippen LogP contribution is 2.29. The van der Waals surface area contributed by atoms with Crippen LogP contribution in [0.1, 0.15) is 30.2 Å². The van der Waals surface area contributed by atoms with Crippen LogP contribution in [0.4, 0.5) is 0 Å². The second kappa shape index (κ2) is 8.72. The van der Waals surface area contributed by atoms with Crippen molar-refractivity contribution >= 4 is 0 Å². The Morgan fingerprint density at radius 2 is 1.90 bits per heavy atom. The van der Waals surface area contributed by atoms with Gasteiger partial charge in [-0.2, -0.15) is 10.2 Å². The van der Waals surface area contributed by atoms with Crippen molar-refractivity contribution in [3.05, 3.63) is 64.5 Å². The third-order valence-corrected chi connectivity index (χ3v) is 6.50. The van der Waals surface area contributed by atoms with E-state index in [4.69, 9.17) is 4.74 Å². The lowest BCUT2D eigenvalue weighted by molar-refractivity contribution is 0.00701. The first kappa shape index (κ1) is 20.1. The van der Waals surface area contributed by atoms with Crippen LogP contribution in [0.2, 0.25) is 0 Å². The molecule has 0 spiro atoms. The molecule has 162 valence electrons. The molecule has 0 saturated carbocycles. The quantitative estimate of drug-likeness (QED) is 0.629. The molecule has 3 aromatic heterocycles. The molecular formula is C23H28N6O2. The van der Waals surface area contributed by atoms with Gasteiger partial charge in [0.2, 0.25) is 0 Å². The van der Waals surface area contributed by atoms with Gasteiger partial charge in [0.05, 0.1) is 24.6 Å². The summed E-state index contributed by atoms with van der Waals surface area (Å²) >= 11 is 0. The van der Waals surface area contributed by atoms with Gasteiger partial charge in [0, 0.05) is 61.8 Å². The van der Waals surface area contributed by atoms with Gasteiger partial charge in [-0.25, -0.2) is 4.68 Å². The molecule has 0 radical (unpaired) electrons. The Balaban J connectivity index is 1.20. The fourth-order valence-corrected chi connectivity index (χ4v) is 4.68. The number of likely N-dealkylation sites (tertiary alicyclic amines) is 1. The van der Waals surface area contributed by atoms with Crippen molar-refractivity contribution in [2.24, 2.45) is 13.0 Å². The molecule has 1 unspecified atom stereocenters. The summed E-state index contributed by atoms with van der Waals surface area (Å²) < 4.78 is 9.66. The van der Waals surface area contributed by atoms with Crippen LogP contribution in [0.3, 0.4) is 0 Å². The third kappa shape index (κ3) is 4.31. The number of piperidine rings is 1. The number of ether oxygens (including phenoxy) is 1. The summed E-state index contributed by atoms with van der Waals surface area (Å²) in [7, 11) is 2.01. The molecule has 1 saturated heterocycles. The molecular weight excluding hydrogens is 392 g/mol. The minimum Gasteiger partial charge on any atom is -0.372 e. The highest BCUT2D eigenvalue weighted by molar-refractivity contribution is 5.56. The summed E-state index contributed by atoms with van der Waals surface area (Å²) in [5, 5.41) is 9.02. The van der Waals surface area contributed by atoms with Crippen LogP contribution >= 0.6 is 0 Å². The van der Waals surface area contributed by atoms with Crippen LogP contribution in [-0.4, -0.2) is 55.7 Å². The summed E-state index contributed by atoms with van der Waals surface area (Å²) in [4.78, 5) is 18.9. The van der Waals surface area contributed by atoms with E-state index in [2.05, 4.69) is 20.1 Å². The second-order valence-corrected chi connectivity index (χ2v) is 8.50. The van der Waals surface area contributed by atoms with Gasteiger partial charge < -0.3 is 9.64 Å². The predicted octanol–water partition coefficient (Wildman–Crippen LogP) is 2.06. The van der Waals surface area contributed by atoms with Crippen molar-refractivity contribution in [1.82, 2.24) is 29.4 Å². The van der Waals surface area contributed by atoms with Gasteiger partial charge in [-0.3, -0.25) is 14.5 Å². The number of rotatable bonds is 5. The Kier molecular flexibility index (Phi) is 5.65. The molecule has 3 aromatic rings. The molecule has 1 atom stereocenters. The molecule has 0 bridgehead atoms. The topological polar surface area (TPSA) is 78.1 Å². The maximum atomic E-state index is 12.4. The van der Waals surface area contributed by atoms with E-state index in [0.29, 0.717) is 12.5 Å². The fraction of sp³-hybridized carbons (Fsp3) is 0.478. The van der Waals surface area contributed by atoms with E-state index in [1.54, 1.807) is 29.2 Å². The first-order valence-electron chi connectivity index (χ1n) is 11.0. The van der Waals surface area contributed by atoms with Crippen molar-refractivity contribution in [2.75, 3.05) is 26.2 Å². The van der Waals surface area contributed by atoms with Gasteiger partial charge in [-0.15, -0.1) is 0 Å². The largest absolute Gasteiger partial charge is 0.372 e. The van der Waals surface area contributed by atoms with Crippen LogP contribution < -0.4 is 5.56 Å². The predicted molar refractivity (Wildman–Crippen MR) is 116 cm³/mol. The molecule has 0 amide bonds. The van der Waals surface area contributed by atoms with E-state index < -0.39 is 0 Å². The van der Waals surface area contributed by atoms with E-state index in [0.717, 1.165) is 56.8 Å². The minimum atomic E-state index is -0.0417. The normalized spacial score (nSPS) is 20.0. The van der Waals surface area contributed by atoms with Gasteiger partial charge in [0.1, 0.15) is 0 Å². The number of aromatic nitrogens is 5. The van der Waals surface area contributed by atoms with Gasteiger partial charge in [-0.1, -0.05) is 0 Å². The zero-order chi connectivity index (χ0) is 21.2. The molecule has 2 aliphatic heterocycles. The molecule has 5 heterocycles. The first-order chi connectivity index (χ1) is 15.2. The third-order valence-electron chi connectivity index (χ3n) is 6.50. The lowest BCUT2D eigenvalue weighted by Crippen LogP contribution is -2.40. The van der Waals surface area contributed by atoms with Crippen LogP contribution in [0, 0.1) is 5.92 Å². The van der Waals surface area contributed by atoms with Gasteiger partial charge in [0.15, 0.2) is 0 Å². The molecule has 0 aromatic carbocycles. The maximum absolute atomic E-state index is 12.4. The van der Waals surface area contributed by atoms with Crippen molar-refractivity contribution < 1.29 is 4.74 Å². The minimum absolute atomic E-state index is 0.0417. The van der Waals surface area contributed by atoms with E-state index in [1.807, 2.05) is 30.1 Å². The van der Waals surface area contributed by atoms with Crippen molar-refractivity contribution in [1.29, 1.82) is 0 Å². The van der Waals surface area contributed by atoms with Crippen LogP contribution in [0.25, 0.3) is 11.3 Å². The number of hydrogen-bond acceptors (Lipinski definition) is 6. The number of fused-ring (bicyclic) bond motifs is 1. The van der Waals surface area contributed by atoms with Gasteiger partial charge in [-0.05, 0) is 50.0 Å². The molecule has 5 rings (SSSR count). The lowest BCUT2D eigenvalue weighted by Gasteiger charge is -2.35. The first-order valence-corrected chi connectivity index (χ1v) is 11.0. The van der Waals surface area contributed by atoms with Gasteiger partial charge >= 0.3 is 0 Å². The van der Waals surface area contributed by atoms with E-state index in [1.165, 1.54) is 11.3 Å². The smallest absolute Gasteiger partial charge is 0.266 e. The van der Waals surface area contributed by atoms with E-state index in [-0.39, 0.29) is 11.7 Å². The summed E-state index contributed by atoms with van der Waals surface area (Å²) in [6.07, 6.45) is 8.60. The zero-order valence-electron chi connectivity index (χ0n) is 17.9. The zero-order valence-corrected chi connectivity index (χ0v) is 17.9. The monoisotopic (exact) mass is 420 g/mol. The summed E-state index contributed by atoms with van der Waals surface area (Å²) in [6.45, 7) is 4.35. The molecule has 0 aliphatic carbocycles. The number of aryl methyl sites for hydroxylation is 1. The average Bonchev–Trinajstić information content (AvgIpc) is 3.19. The molecule has 1 fully saturated rings. The summed E-state index contributed by atoms with van der Waals surface area (Å²) in [5.74, 6) is 0.454. The van der Waals surface area contributed by atoms with Gasteiger partial charge in [0.25, 0.3) is 5.56 Å². The highest BCUT2D eigenvalue weighted by Gasteiger charge is 2.28. The van der Waals surface area contributed by atoms with Crippen LogP contribution in [0.15, 0.2) is 47.7 Å². The van der Waals surface area contributed by atoms with Crippen molar-refractivity contribution in [3.63, 3.8) is 0 Å². The number of nitrogens with zero attached hydrogens (tertiary/aromatic N) is 6. The average molecular weight is 421 g/mol. The van der Waals surface area contributed by atoms with Crippen LogP contribution in [-0.2, 0) is 24.8 Å². The standard InChI is InChI=1S/C23H28N6O2/c1-27-21-8-13-31-22(19(21)14-25-27)16-28-11-6-17(7-12-28)15-29-23(30)3-2-20(26-29)18-4-9-24-10-5-18/h2-5,9-10,14,17,22H,6-8,11-13,15-16H2,1H3. The Bertz CT molecular complexity index is 1080. The van der Waals surface area contributed by atoms with Crippen molar-refractivity contribution in [2.45, 2.75) is 31.9 Å². The SMILES string of the molecule is Cn1ncc2c1CCOC2CN1CCC(Cn2nc(-c3ccncc3)ccc2=O)CC1. The highest BCUT2D eigenvalue weighted by atomic mass is 16.5. The number of hydrogen-bond donors (Lipinski definition) is 0. The molecule has 0 N–H and O–H groups in total. The van der Waals surface area contributed by atoms with Crippen LogP contribution in [0.5, 0.6) is 0 Å². The second-order valence-electron chi connectivity index (χ2n) is 8.50. The molecule has 2 aliphatic rings. The van der Waals surface area contributed by atoms with E-state index in [9.17, 15) is 4.79 Å². The Morgan fingerprint density at radius 1 is 1.10 bits per heavy atom. The Labute approximate surface area is 181 Å². The molecule has 31 heavy (non-hydrogen) atoms. The summed E-state index contributed by atoms with van der Waals surface area (Å²) in [5.41, 5.74) is 4.27.